The highest BCUT2D eigenvalue weighted by atomic mass is 16.4. The Morgan fingerprint density at radius 3 is 2.45 bits per heavy atom. The average molecular weight is 159 g/mol. The third kappa shape index (κ3) is 6.79. The fourth-order valence-corrected chi connectivity index (χ4v) is 0.511. The van der Waals surface area contributed by atoms with Crippen LogP contribution in [0.5, 0.6) is 0 Å². The van der Waals surface area contributed by atoms with Gasteiger partial charge in [-0.2, -0.15) is 0 Å². The van der Waals surface area contributed by atoms with Gasteiger partial charge in [-0.15, -0.1) is 0 Å². The minimum atomic E-state index is -0.981. The van der Waals surface area contributed by atoms with E-state index in [9.17, 15) is 9.59 Å². The zero-order valence-corrected chi connectivity index (χ0v) is 6.09. The quantitative estimate of drug-likeness (QED) is 0.553. The molecule has 11 heavy (non-hydrogen) atoms. The number of carboxylic acid groups (broad SMARTS) is 1. The van der Waals surface area contributed by atoms with Gasteiger partial charge in [0.2, 0.25) is 5.91 Å². The van der Waals surface area contributed by atoms with Crippen LogP contribution in [0.25, 0.3) is 0 Å². The van der Waals surface area contributed by atoms with Crippen LogP contribution in [-0.4, -0.2) is 30.1 Å². The number of amides is 1. The second-order valence-corrected chi connectivity index (χ2v) is 1.99. The highest BCUT2D eigenvalue weighted by Crippen LogP contribution is 1.87. The molecule has 0 saturated heterocycles. The summed E-state index contributed by atoms with van der Waals surface area (Å²) in [5.41, 5.74) is 6.68. The van der Waals surface area contributed by atoms with Crippen molar-refractivity contribution >= 4 is 11.9 Å². The highest BCUT2D eigenvalue weighted by Gasteiger charge is 2.02. The summed E-state index contributed by atoms with van der Waals surface area (Å²) in [5, 5.41) is 10.6. The van der Waals surface area contributed by atoms with Crippen LogP contribution in [0.15, 0.2) is 0 Å². The molecule has 0 aliphatic carbocycles. The van der Waals surface area contributed by atoms with Crippen LogP contribution in [0.4, 0.5) is 0 Å². The molecule has 3 N–H and O–H groups in total. The average Bonchev–Trinajstić information content (AvgIpc) is 1.97. The lowest BCUT2D eigenvalue weighted by Gasteiger charge is -1.99. The third-order valence-electron chi connectivity index (χ3n) is 1.01. The minimum absolute atomic E-state index is 0.00463. The molecule has 0 rings (SSSR count). The van der Waals surface area contributed by atoms with Crippen molar-refractivity contribution in [3.8, 4) is 0 Å². The molecule has 0 aromatic rings. The Balaban J connectivity index is 3.30. The number of carboxylic acids is 1. The van der Waals surface area contributed by atoms with Crippen LogP contribution in [0.2, 0.25) is 0 Å². The lowest BCUT2D eigenvalue weighted by Crippen LogP contribution is -2.26. The van der Waals surface area contributed by atoms with E-state index in [0.29, 0.717) is 6.54 Å². The number of nitrogens with one attached hydrogen (secondary N) is 2. The molecule has 1 amide bonds. The standard InChI is InChI=1S/C6H11N2O3/c7-3-4-8-5(9)1-2-6(10)11/h7H,1-4H2,(H,8,9)(H,10,11). The van der Waals surface area contributed by atoms with Gasteiger partial charge in [-0.1, -0.05) is 0 Å². The van der Waals surface area contributed by atoms with Crippen LogP contribution in [0, 0.1) is 0 Å². The summed E-state index contributed by atoms with van der Waals surface area (Å²) in [7, 11) is 0. The number of aliphatic carboxylic acids is 1. The van der Waals surface area contributed by atoms with Crippen molar-refractivity contribution in [1.29, 1.82) is 0 Å². The third-order valence-corrected chi connectivity index (χ3v) is 1.01. The van der Waals surface area contributed by atoms with Gasteiger partial charge in [0.15, 0.2) is 0 Å². The van der Waals surface area contributed by atoms with Gasteiger partial charge in [0, 0.05) is 19.5 Å². The highest BCUT2D eigenvalue weighted by molar-refractivity contribution is 5.80. The Bertz CT molecular complexity index is 147. The van der Waals surface area contributed by atoms with E-state index in [1.54, 1.807) is 0 Å². The summed E-state index contributed by atoms with van der Waals surface area (Å²) in [4.78, 5) is 20.6. The molecule has 0 aliphatic heterocycles. The first-order valence-electron chi connectivity index (χ1n) is 3.30. The Hall–Kier alpha value is -1.10. The van der Waals surface area contributed by atoms with Gasteiger partial charge in [-0.25, -0.2) is 0 Å². The van der Waals surface area contributed by atoms with Crippen LogP contribution >= 0.6 is 0 Å². The predicted molar refractivity (Wildman–Crippen MR) is 37.8 cm³/mol. The Morgan fingerprint density at radius 1 is 1.36 bits per heavy atom. The summed E-state index contributed by atoms with van der Waals surface area (Å²) >= 11 is 0. The SMILES string of the molecule is [NH]CCNC(=O)CCC(=O)O. The van der Waals surface area contributed by atoms with E-state index < -0.39 is 5.97 Å². The normalized spacial score (nSPS) is 9.18. The van der Waals surface area contributed by atoms with Crippen molar-refractivity contribution in [2.24, 2.45) is 0 Å². The van der Waals surface area contributed by atoms with Crippen molar-refractivity contribution in [3.63, 3.8) is 0 Å². The van der Waals surface area contributed by atoms with Gasteiger partial charge in [-0.3, -0.25) is 15.3 Å². The van der Waals surface area contributed by atoms with E-state index in [1.165, 1.54) is 0 Å². The van der Waals surface area contributed by atoms with Crippen LogP contribution < -0.4 is 11.1 Å². The van der Waals surface area contributed by atoms with Gasteiger partial charge < -0.3 is 10.4 Å². The molecule has 0 heterocycles. The minimum Gasteiger partial charge on any atom is -0.481 e. The first kappa shape index (κ1) is 9.90. The molecule has 5 nitrogen and oxygen atoms in total. The largest absolute Gasteiger partial charge is 0.481 e. The lowest BCUT2D eigenvalue weighted by molar-refractivity contribution is -0.138. The fourth-order valence-electron chi connectivity index (χ4n) is 0.511. The first-order valence-corrected chi connectivity index (χ1v) is 3.30. The summed E-state index contributed by atoms with van der Waals surface area (Å²) in [6.07, 6.45) is -0.154. The molecule has 0 atom stereocenters. The monoisotopic (exact) mass is 159 g/mol. The van der Waals surface area contributed by atoms with Crippen LogP contribution in [0.3, 0.4) is 0 Å². The number of hydrogen-bond acceptors (Lipinski definition) is 2. The lowest BCUT2D eigenvalue weighted by atomic mass is 10.3. The second kappa shape index (κ2) is 5.67. The number of hydrogen-bond donors (Lipinski definition) is 2. The van der Waals surface area contributed by atoms with Crippen molar-refractivity contribution in [2.75, 3.05) is 13.1 Å². The Morgan fingerprint density at radius 2 is 2.00 bits per heavy atom. The topological polar surface area (TPSA) is 90.2 Å². The molecule has 0 saturated carbocycles. The summed E-state index contributed by atoms with van der Waals surface area (Å²) in [6.45, 7) is 0.414. The molecular weight excluding hydrogens is 148 g/mol. The smallest absolute Gasteiger partial charge is 0.303 e. The van der Waals surface area contributed by atoms with E-state index in [4.69, 9.17) is 10.8 Å². The zero-order chi connectivity index (χ0) is 8.69. The molecule has 1 radical (unpaired) electrons. The number of carbonyl (C=O) groups excluding carboxylic acids is 1. The second-order valence-electron chi connectivity index (χ2n) is 1.99. The Labute approximate surface area is 64.6 Å². The maximum atomic E-state index is 10.6. The summed E-state index contributed by atoms with van der Waals surface area (Å²) < 4.78 is 0. The molecular formula is C6H11N2O3. The van der Waals surface area contributed by atoms with E-state index in [-0.39, 0.29) is 25.3 Å². The summed E-state index contributed by atoms with van der Waals surface area (Å²) in [5.74, 6) is -1.29. The van der Waals surface area contributed by atoms with E-state index in [2.05, 4.69) is 5.32 Å². The number of rotatable bonds is 5. The fraction of sp³-hybridized carbons (Fsp3) is 0.667. The van der Waals surface area contributed by atoms with Gasteiger partial charge >= 0.3 is 5.97 Å². The van der Waals surface area contributed by atoms with Crippen LogP contribution in [-0.2, 0) is 9.59 Å². The van der Waals surface area contributed by atoms with Gasteiger partial charge in [-0.05, 0) is 0 Å². The zero-order valence-electron chi connectivity index (χ0n) is 6.09. The molecule has 5 heteroatoms. The maximum Gasteiger partial charge on any atom is 0.303 e. The first-order chi connectivity index (χ1) is 5.16. The van der Waals surface area contributed by atoms with Crippen molar-refractivity contribution in [1.82, 2.24) is 11.1 Å². The molecule has 0 aliphatic rings. The van der Waals surface area contributed by atoms with Crippen molar-refractivity contribution in [3.05, 3.63) is 0 Å². The Kier molecular flexibility index (Phi) is 5.10. The molecule has 0 aromatic carbocycles. The summed E-state index contributed by atoms with van der Waals surface area (Å²) in [6, 6.07) is 0. The van der Waals surface area contributed by atoms with Gasteiger partial charge in [0.25, 0.3) is 0 Å². The van der Waals surface area contributed by atoms with E-state index >= 15 is 0 Å². The number of carbonyl (C=O) groups is 2. The van der Waals surface area contributed by atoms with Gasteiger partial charge in [0.1, 0.15) is 0 Å². The van der Waals surface area contributed by atoms with Crippen molar-refractivity contribution < 1.29 is 14.7 Å². The van der Waals surface area contributed by atoms with Crippen LogP contribution in [0.1, 0.15) is 12.8 Å². The molecule has 0 unspecified atom stereocenters. The van der Waals surface area contributed by atoms with E-state index in [1.807, 2.05) is 0 Å². The predicted octanol–water partition coefficient (Wildman–Crippen LogP) is -0.750. The maximum absolute atomic E-state index is 10.6. The molecule has 0 fully saturated rings. The molecule has 63 valence electrons. The molecule has 0 spiro atoms. The van der Waals surface area contributed by atoms with Crippen molar-refractivity contribution in [2.45, 2.75) is 12.8 Å². The molecule has 0 bridgehead atoms. The van der Waals surface area contributed by atoms with E-state index in [0.717, 1.165) is 0 Å². The molecule has 0 aromatic heterocycles. The van der Waals surface area contributed by atoms with Gasteiger partial charge in [0.05, 0.1) is 6.42 Å².